The van der Waals surface area contributed by atoms with Gasteiger partial charge in [0.1, 0.15) is 0 Å². The number of rotatable bonds is 3. The molecule has 0 amide bonds. The van der Waals surface area contributed by atoms with E-state index in [1.54, 1.807) is 12.1 Å². The first kappa shape index (κ1) is 13.0. The van der Waals surface area contributed by atoms with Crippen LogP contribution in [-0.4, -0.2) is 15.0 Å². The summed E-state index contributed by atoms with van der Waals surface area (Å²) in [5, 5.41) is 0. The Labute approximate surface area is 118 Å². The van der Waals surface area contributed by atoms with Gasteiger partial charge in [-0.1, -0.05) is 30.3 Å². The van der Waals surface area contributed by atoms with E-state index in [0.717, 1.165) is 16.8 Å². The second kappa shape index (κ2) is 4.83. The van der Waals surface area contributed by atoms with Crippen molar-refractivity contribution in [3.63, 3.8) is 0 Å². The van der Waals surface area contributed by atoms with Gasteiger partial charge in [-0.25, -0.2) is 8.42 Å². The monoisotopic (exact) mass is 288 g/mol. The van der Waals surface area contributed by atoms with Gasteiger partial charge in [0.2, 0.25) is 10.0 Å². The Bertz CT molecular complexity index is 727. The van der Waals surface area contributed by atoms with E-state index in [-0.39, 0.29) is 5.75 Å². The third-order valence-electron chi connectivity index (χ3n) is 3.48. The minimum atomic E-state index is -3.35. The van der Waals surface area contributed by atoms with Crippen LogP contribution in [0.5, 0.6) is 0 Å². The summed E-state index contributed by atoms with van der Waals surface area (Å²) in [6.45, 7) is 0.494. The molecular weight excluding hydrogens is 272 g/mol. The van der Waals surface area contributed by atoms with Crippen LogP contribution in [0.15, 0.2) is 48.5 Å². The molecule has 5 heteroatoms. The van der Waals surface area contributed by atoms with Gasteiger partial charge in [-0.2, -0.15) is 0 Å². The molecule has 3 rings (SSSR count). The molecule has 0 radical (unpaired) electrons. The van der Waals surface area contributed by atoms with E-state index in [1.807, 2.05) is 36.4 Å². The maximum Gasteiger partial charge on any atom is 0.239 e. The van der Waals surface area contributed by atoms with Gasteiger partial charge in [0.05, 0.1) is 11.4 Å². The third kappa shape index (κ3) is 2.36. The fourth-order valence-electron chi connectivity index (χ4n) is 2.54. The molecule has 0 saturated carbocycles. The number of anilines is 2. The zero-order valence-electron chi connectivity index (χ0n) is 11.0. The average molecular weight is 288 g/mol. The van der Waals surface area contributed by atoms with E-state index in [1.165, 1.54) is 4.31 Å². The molecule has 1 aliphatic rings. The van der Waals surface area contributed by atoms with Gasteiger partial charge in [-0.15, -0.1) is 0 Å². The topological polar surface area (TPSA) is 63.4 Å². The Hall–Kier alpha value is -2.01. The van der Waals surface area contributed by atoms with Gasteiger partial charge in [0.25, 0.3) is 0 Å². The largest absolute Gasteiger partial charge is 0.399 e. The second-order valence-corrected chi connectivity index (χ2v) is 6.85. The molecule has 0 aliphatic carbocycles. The van der Waals surface area contributed by atoms with Crippen molar-refractivity contribution in [1.82, 2.24) is 0 Å². The number of nitrogens with two attached hydrogens (primary N) is 1. The molecule has 104 valence electrons. The van der Waals surface area contributed by atoms with Gasteiger partial charge >= 0.3 is 0 Å². The van der Waals surface area contributed by atoms with Gasteiger partial charge in [0.15, 0.2) is 0 Å². The number of sulfonamides is 1. The van der Waals surface area contributed by atoms with Crippen LogP contribution in [-0.2, 0) is 22.2 Å². The number of benzene rings is 2. The first-order chi connectivity index (χ1) is 9.56. The van der Waals surface area contributed by atoms with Crippen molar-refractivity contribution in [2.75, 3.05) is 16.6 Å². The lowest BCUT2D eigenvalue weighted by molar-refractivity contribution is 0.591. The molecule has 0 saturated heterocycles. The van der Waals surface area contributed by atoms with Gasteiger partial charge in [-0.3, -0.25) is 4.31 Å². The summed E-state index contributed by atoms with van der Waals surface area (Å²) < 4.78 is 26.6. The van der Waals surface area contributed by atoms with Crippen molar-refractivity contribution >= 4 is 21.4 Å². The maximum absolute atomic E-state index is 12.5. The quantitative estimate of drug-likeness (QED) is 0.880. The number of hydrogen-bond acceptors (Lipinski definition) is 3. The molecule has 2 N–H and O–H groups in total. The summed E-state index contributed by atoms with van der Waals surface area (Å²) in [4.78, 5) is 0. The summed E-state index contributed by atoms with van der Waals surface area (Å²) in [5.41, 5.74) is 8.98. The molecule has 0 unspecified atom stereocenters. The SMILES string of the molecule is Nc1ccc2c(c1)CCN2S(=O)(=O)Cc1ccccc1. The van der Waals surface area contributed by atoms with E-state index in [0.29, 0.717) is 18.7 Å². The normalized spacial score (nSPS) is 14.3. The van der Waals surface area contributed by atoms with E-state index in [9.17, 15) is 8.42 Å². The number of fused-ring (bicyclic) bond motifs is 1. The number of hydrogen-bond donors (Lipinski definition) is 1. The summed E-state index contributed by atoms with van der Waals surface area (Å²) in [5.74, 6) is 0.0255. The molecule has 2 aromatic carbocycles. The zero-order valence-corrected chi connectivity index (χ0v) is 11.8. The molecule has 1 aliphatic heterocycles. The van der Waals surface area contributed by atoms with E-state index >= 15 is 0 Å². The Morgan fingerprint density at radius 2 is 1.85 bits per heavy atom. The predicted molar refractivity (Wildman–Crippen MR) is 81.0 cm³/mol. The third-order valence-corrected chi connectivity index (χ3v) is 5.23. The molecular formula is C15H16N2O2S. The van der Waals surface area contributed by atoms with Crippen molar-refractivity contribution < 1.29 is 8.42 Å². The van der Waals surface area contributed by atoms with Gasteiger partial charge in [0, 0.05) is 12.2 Å². The van der Waals surface area contributed by atoms with Gasteiger partial charge in [-0.05, 0) is 35.7 Å². The first-order valence-corrected chi connectivity index (χ1v) is 8.10. The zero-order chi connectivity index (χ0) is 14.2. The van der Waals surface area contributed by atoms with Crippen molar-refractivity contribution in [2.45, 2.75) is 12.2 Å². The Morgan fingerprint density at radius 1 is 1.10 bits per heavy atom. The van der Waals surface area contributed by atoms with Gasteiger partial charge < -0.3 is 5.73 Å². The lowest BCUT2D eigenvalue weighted by atomic mass is 10.1. The van der Waals surface area contributed by atoms with Crippen molar-refractivity contribution in [3.8, 4) is 0 Å². The predicted octanol–water partition coefficient (Wildman–Crippen LogP) is 2.16. The lowest BCUT2D eigenvalue weighted by Crippen LogP contribution is -2.30. The van der Waals surface area contributed by atoms with Crippen molar-refractivity contribution in [1.29, 1.82) is 0 Å². The lowest BCUT2D eigenvalue weighted by Gasteiger charge is -2.19. The molecule has 2 aromatic rings. The minimum absolute atomic E-state index is 0.0255. The van der Waals surface area contributed by atoms with Crippen LogP contribution in [0.3, 0.4) is 0 Å². The van der Waals surface area contributed by atoms with Crippen LogP contribution in [0.1, 0.15) is 11.1 Å². The molecule has 0 aromatic heterocycles. The Morgan fingerprint density at radius 3 is 2.60 bits per heavy atom. The highest BCUT2D eigenvalue weighted by atomic mass is 32.2. The summed E-state index contributed by atoms with van der Waals surface area (Å²) in [6, 6.07) is 14.6. The number of nitrogen functional groups attached to an aromatic ring is 1. The van der Waals surface area contributed by atoms with E-state index in [2.05, 4.69) is 0 Å². The molecule has 0 bridgehead atoms. The van der Waals surface area contributed by atoms with Crippen LogP contribution >= 0.6 is 0 Å². The van der Waals surface area contributed by atoms with Crippen LogP contribution in [0, 0.1) is 0 Å². The Balaban J connectivity index is 1.91. The first-order valence-electron chi connectivity index (χ1n) is 6.49. The standard InChI is InChI=1S/C15H16N2O2S/c16-14-6-7-15-13(10-14)8-9-17(15)20(18,19)11-12-4-2-1-3-5-12/h1-7,10H,8-9,11,16H2. The van der Waals surface area contributed by atoms with Crippen molar-refractivity contribution in [2.24, 2.45) is 0 Å². The molecule has 20 heavy (non-hydrogen) atoms. The second-order valence-electron chi connectivity index (χ2n) is 4.95. The van der Waals surface area contributed by atoms with E-state index < -0.39 is 10.0 Å². The van der Waals surface area contributed by atoms with Crippen LogP contribution in [0.4, 0.5) is 11.4 Å². The van der Waals surface area contributed by atoms with Crippen LogP contribution in [0.2, 0.25) is 0 Å². The molecule has 0 fully saturated rings. The van der Waals surface area contributed by atoms with Crippen molar-refractivity contribution in [3.05, 3.63) is 59.7 Å². The Kier molecular flexibility index (Phi) is 3.14. The molecule has 1 heterocycles. The highest BCUT2D eigenvalue weighted by molar-refractivity contribution is 7.92. The smallest absolute Gasteiger partial charge is 0.239 e. The van der Waals surface area contributed by atoms with E-state index in [4.69, 9.17) is 5.73 Å². The summed E-state index contributed by atoms with van der Waals surface area (Å²) in [7, 11) is -3.35. The maximum atomic E-state index is 12.5. The van der Waals surface area contributed by atoms with Crippen LogP contribution in [0.25, 0.3) is 0 Å². The highest BCUT2D eigenvalue weighted by Crippen LogP contribution is 2.32. The summed E-state index contributed by atoms with van der Waals surface area (Å²) >= 11 is 0. The van der Waals surface area contributed by atoms with Crippen LogP contribution < -0.4 is 10.0 Å². The fraction of sp³-hybridized carbons (Fsp3) is 0.200. The summed E-state index contributed by atoms with van der Waals surface area (Å²) in [6.07, 6.45) is 0.717. The average Bonchev–Trinajstić information content (AvgIpc) is 2.83. The molecule has 0 atom stereocenters. The molecule has 0 spiro atoms. The molecule has 4 nitrogen and oxygen atoms in total. The highest BCUT2D eigenvalue weighted by Gasteiger charge is 2.29. The number of nitrogens with zero attached hydrogens (tertiary/aromatic N) is 1. The minimum Gasteiger partial charge on any atom is -0.399 e. The fourth-order valence-corrected chi connectivity index (χ4v) is 4.16.